The number of nitrogens with zero attached hydrogens (tertiary/aromatic N) is 1. The molecule has 0 saturated heterocycles. The molecule has 1 aliphatic carbocycles. The van der Waals surface area contributed by atoms with Gasteiger partial charge in [-0.3, -0.25) is 4.98 Å². The minimum absolute atomic E-state index is 0.130. The van der Waals surface area contributed by atoms with Crippen molar-refractivity contribution in [3.8, 4) is 5.75 Å². The van der Waals surface area contributed by atoms with Gasteiger partial charge < -0.3 is 15.5 Å². The normalized spacial score (nSPS) is 24.8. The van der Waals surface area contributed by atoms with Gasteiger partial charge in [-0.2, -0.15) is 0 Å². The third kappa shape index (κ3) is 3.17. The highest BCUT2D eigenvalue weighted by atomic mass is 16.3. The van der Waals surface area contributed by atoms with Crippen molar-refractivity contribution in [2.45, 2.75) is 51.3 Å². The summed E-state index contributed by atoms with van der Waals surface area (Å²) >= 11 is 0. The molecule has 2 unspecified atom stereocenters. The molecule has 2 rings (SSSR count). The van der Waals surface area contributed by atoms with E-state index in [0.717, 1.165) is 31.4 Å². The number of aromatic nitrogens is 1. The summed E-state index contributed by atoms with van der Waals surface area (Å²) < 4.78 is 0. The van der Waals surface area contributed by atoms with Gasteiger partial charge in [0.15, 0.2) is 0 Å². The summed E-state index contributed by atoms with van der Waals surface area (Å²) in [6.45, 7) is 2.41. The molecule has 0 amide bonds. The molecule has 1 fully saturated rings. The molecule has 3 N–H and O–H groups in total. The van der Waals surface area contributed by atoms with Crippen LogP contribution in [0, 0.1) is 6.92 Å². The quantitative estimate of drug-likeness (QED) is 0.744. The largest absolute Gasteiger partial charge is 0.506 e. The summed E-state index contributed by atoms with van der Waals surface area (Å²) in [5.41, 5.74) is 1.55. The van der Waals surface area contributed by atoms with Gasteiger partial charge in [0.2, 0.25) is 0 Å². The number of rotatable bonds is 3. The van der Waals surface area contributed by atoms with Gasteiger partial charge in [-0.1, -0.05) is 12.8 Å². The van der Waals surface area contributed by atoms with E-state index < -0.39 is 0 Å². The fourth-order valence-corrected chi connectivity index (χ4v) is 2.31. The van der Waals surface area contributed by atoms with E-state index in [2.05, 4.69) is 10.3 Å². The molecule has 1 aromatic rings. The summed E-state index contributed by atoms with van der Waals surface area (Å²) in [6.07, 6.45) is 3.85. The number of pyridine rings is 1. The van der Waals surface area contributed by atoms with Gasteiger partial charge >= 0.3 is 0 Å². The first-order valence-corrected chi connectivity index (χ1v) is 6.24. The lowest BCUT2D eigenvalue weighted by Crippen LogP contribution is -2.41. The van der Waals surface area contributed by atoms with Crippen molar-refractivity contribution in [2.24, 2.45) is 0 Å². The number of aliphatic hydroxyl groups excluding tert-OH is 1. The maximum Gasteiger partial charge on any atom is 0.138 e. The lowest BCUT2D eigenvalue weighted by Gasteiger charge is -2.28. The van der Waals surface area contributed by atoms with Crippen molar-refractivity contribution >= 4 is 0 Å². The van der Waals surface area contributed by atoms with Crippen LogP contribution in [0.2, 0.25) is 0 Å². The molecule has 1 aromatic heterocycles. The third-order valence-corrected chi connectivity index (χ3v) is 3.35. The Hall–Kier alpha value is -1.13. The summed E-state index contributed by atoms with van der Waals surface area (Å²) in [5.74, 6) is 0.216. The van der Waals surface area contributed by atoms with Crippen LogP contribution < -0.4 is 5.32 Å². The molecule has 0 aliphatic heterocycles. The van der Waals surface area contributed by atoms with Crippen molar-refractivity contribution < 1.29 is 10.2 Å². The van der Waals surface area contributed by atoms with Crippen LogP contribution >= 0.6 is 0 Å². The summed E-state index contributed by atoms with van der Waals surface area (Å²) in [7, 11) is 0. The Bertz CT molecular complexity index is 382. The Balaban J connectivity index is 1.94. The summed E-state index contributed by atoms with van der Waals surface area (Å²) in [4.78, 5) is 4.29. The van der Waals surface area contributed by atoms with E-state index in [4.69, 9.17) is 0 Å². The van der Waals surface area contributed by atoms with Crippen molar-refractivity contribution in [3.63, 3.8) is 0 Å². The molecule has 0 bridgehead atoms. The number of hydrogen-bond donors (Lipinski definition) is 3. The monoisotopic (exact) mass is 236 g/mol. The smallest absolute Gasteiger partial charge is 0.138 e. The Morgan fingerprint density at radius 1 is 1.35 bits per heavy atom. The molecule has 1 saturated carbocycles. The Morgan fingerprint density at radius 3 is 2.88 bits per heavy atom. The van der Waals surface area contributed by atoms with Gasteiger partial charge in [0, 0.05) is 18.3 Å². The lowest BCUT2D eigenvalue weighted by molar-refractivity contribution is 0.0899. The van der Waals surface area contributed by atoms with E-state index in [-0.39, 0.29) is 17.9 Å². The number of aliphatic hydroxyl groups is 1. The van der Waals surface area contributed by atoms with Gasteiger partial charge in [-0.25, -0.2) is 0 Å². The minimum atomic E-state index is -0.268. The average molecular weight is 236 g/mol. The number of aromatic hydroxyl groups is 1. The first kappa shape index (κ1) is 12.3. The van der Waals surface area contributed by atoms with E-state index in [9.17, 15) is 10.2 Å². The maximum atomic E-state index is 9.83. The van der Waals surface area contributed by atoms with Gasteiger partial charge in [-0.15, -0.1) is 0 Å². The predicted molar refractivity (Wildman–Crippen MR) is 65.7 cm³/mol. The molecule has 17 heavy (non-hydrogen) atoms. The SMILES string of the molecule is Cc1ccc(O)c(CNC2CCCCC2O)n1. The van der Waals surface area contributed by atoms with Crippen LogP contribution in [0.4, 0.5) is 0 Å². The molecule has 0 spiro atoms. The molecule has 4 heteroatoms. The second-order valence-corrected chi connectivity index (χ2v) is 4.76. The third-order valence-electron chi connectivity index (χ3n) is 3.35. The highest BCUT2D eigenvalue weighted by molar-refractivity contribution is 5.27. The highest BCUT2D eigenvalue weighted by Gasteiger charge is 2.22. The molecule has 0 aromatic carbocycles. The van der Waals surface area contributed by atoms with Crippen LogP contribution in [0.15, 0.2) is 12.1 Å². The number of nitrogens with one attached hydrogen (secondary N) is 1. The summed E-state index contributed by atoms with van der Waals surface area (Å²) in [5, 5.41) is 22.8. The van der Waals surface area contributed by atoms with Gasteiger partial charge in [0.05, 0.1) is 11.8 Å². The molecule has 4 nitrogen and oxygen atoms in total. The maximum absolute atomic E-state index is 9.83. The summed E-state index contributed by atoms with van der Waals surface area (Å²) in [6, 6.07) is 3.58. The average Bonchev–Trinajstić information content (AvgIpc) is 2.32. The van der Waals surface area contributed by atoms with Crippen LogP contribution in [-0.2, 0) is 6.54 Å². The second-order valence-electron chi connectivity index (χ2n) is 4.76. The van der Waals surface area contributed by atoms with Crippen LogP contribution in [-0.4, -0.2) is 27.3 Å². The first-order valence-electron chi connectivity index (χ1n) is 6.24. The fourth-order valence-electron chi connectivity index (χ4n) is 2.31. The fraction of sp³-hybridized carbons (Fsp3) is 0.615. The molecule has 1 heterocycles. The molecule has 2 atom stereocenters. The lowest BCUT2D eigenvalue weighted by atomic mass is 9.92. The topological polar surface area (TPSA) is 65.4 Å². The van der Waals surface area contributed by atoms with Crippen LogP contribution in [0.1, 0.15) is 37.1 Å². The second kappa shape index (κ2) is 5.47. The zero-order chi connectivity index (χ0) is 12.3. The Labute approximate surface area is 102 Å². The van der Waals surface area contributed by atoms with Crippen LogP contribution in [0.5, 0.6) is 5.75 Å². The van der Waals surface area contributed by atoms with Crippen molar-refractivity contribution in [3.05, 3.63) is 23.5 Å². The van der Waals surface area contributed by atoms with E-state index in [1.165, 1.54) is 0 Å². The van der Waals surface area contributed by atoms with Crippen LogP contribution in [0.25, 0.3) is 0 Å². The molecule has 94 valence electrons. The number of aryl methyl sites for hydroxylation is 1. The Morgan fingerprint density at radius 2 is 2.12 bits per heavy atom. The standard InChI is InChI=1S/C13H20N2O2/c1-9-6-7-13(17)11(15-9)8-14-10-4-2-3-5-12(10)16/h6-7,10,12,14,16-17H,2-5,8H2,1H3. The van der Waals surface area contributed by atoms with E-state index in [1.807, 2.05) is 6.92 Å². The molecule has 1 aliphatic rings. The Kier molecular flexibility index (Phi) is 3.97. The van der Waals surface area contributed by atoms with Crippen molar-refractivity contribution in [2.75, 3.05) is 0 Å². The zero-order valence-electron chi connectivity index (χ0n) is 10.2. The van der Waals surface area contributed by atoms with E-state index in [0.29, 0.717) is 12.2 Å². The van der Waals surface area contributed by atoms with E-state index in [1.54, 1.807) is 12.1 Å². The minimum Gasteiger partial charge on any atom is -0.506 e. The molecule has 0 radical (unpaired) electrons. The van der Waals surface area contributed by atoms with Gasteiger partial charge in [-0.05, 0) is 31.9 Å². The van der Waals surface area contributed by atoms with Crippen molar-refractivity contribution in [1.82, 2.24) is 10.3 Å². The molecular weight excluding hydrogens is 216 g/mol. The first-order chi connectivity index (χ1) is 8.16. The molecular formula is C13H20N2O2. The van der Waals surface area contributed by atoms with Crippen LogP contribution in [0.3, 0.4) is 0 Å². The van der Waals surface area contributed by atoms with Crippen molar-refractivity contribution in [1.29, 1.82) is 0 Å². The number of hydrogen-bond acceptors (Lipinski definition) is 4. The predicted octanol–water partition coefficient (Wildman–Crippen LogP) is 1.49. The van der Waals surface area contributed by atoms with Gasteiger partial charge in [0.1, 0.15) is 5.75 Å². The highest BCUT2D eigenvalue weighted by Crippen LogP contribution is 2.20. The van der Waals surface area contributed by atoms with E-state index >= 15 is 0 Å². The zero-order valence-corrected chi connectivity index (χ0v) is 10.2. The van der Waals surface area contributed by atoms with Gasteiger partial charge in [0.25, 0.3) is 0 Å².